The number of nitrogens with two attached hydrogens (primary N) is 1. The van der Waals surface area contributed by atoms with Gasteiger partial charge >= 0.3 is 0 Å². The second-order valence-corrected chi connectivity index (χ2v) is 3.46. The normalized spacial score (nSPS) is 13.1. The van der Waals surface area contributed by atoms with Crippen LogP contribution in [0.5, 0.6) is 0 Å². The number of rotatable bonds is 6. The fraction of sp³-hybridized carbons (Fsp3) is 0.700. The average Bonchev–Trinajstić information content (AvgIpc) is 2.63. The Morgan fingerprint density at radius 3 is 3.00 bits per heavy atom. The van der Waals surface area contributed by atoms with E-state index in [2.05, 4.69) is 18.2 Å². The van der Waals surface area contributed by atoms with Crippen LogP contribution in [0.1, 0.15) is 18.9 Å². The number of hydrogen-bond acceptors (Lipinski definition) is 3. The minimum atomic E-state index is 0.130. The Kier molecular flexibility index (Phi) is 4.62. The molecule has 0 radical (unpaired) electrons. The minimum absolute atomic E-state index is 0.130. The highest BCUT2D eigenvalue weighted by atomic mass is 16.5. The first-order valence-corrected chi connectivity index (χ1v) is 5.02. The van der Waals surface area contributed by atoms with Gasteiger partial charge in [-0.1, -0.05) is 0 Å². The van der Waals surface area contributed by atoms with Gasteiger partial charge in [0.2, 0.25) is 0 Å². The molecule has 1 aromatic rings. The lowest BCUT2D eigenvalue weighted by atomic mass is 10.1. The van der Waals surface area contributed by atoms with E-state index in [0.717, 1.165) is 19.4 Å². The molecule has 80 valence electrons. The van der Waals surface area contributed by atoms with Crippen LogP contribution in [0, 0.1) is 0 Å². The molecule has 0 fully saturated rings. The highest BCUT2D eigenvalue weighted by Crippen LogP contribution is 2.03. The van der Waals surface area contributed by atoms with E-state index >= 15 is 0 Å². The summed E-state index contributed by atoms with van der Waals surface area (Å²) in [5, 5.41) is 4.20. The second-order valence-electron chi connectivity index (χ2n) is 3.46. The van der Waals surface area contributed by atoms with Gasteiger partial charge in [-0.2, -0.15) is 5.10 Å². The van der Waals surface area contributed by atoms with Crippen LogP contribution in [0.3, 0.4) is 0 Å². The molecule has 0 amide bonds. The molecule has 0 saturated carbocycles. The van der Waals surface area contributed by atoms with Crippen molar-refractivity contribution in [2.45, 2.75) is 32.4 Å². The molecule has 4 heteroatoms. The Morgan fingerprint density at radius 2 is 2.43 bits per heavy atom. The van der Waals surface area contributed by atoms with Gasteiger partial charge in [-0.25, -0.2) is 0 Å². The molecular weight excluding hydrogens is 178 g/mol. The Labute approximate surface area is 85.0 Å². The van der Waals surface area contributed by atoms with Gasteiger partial charge in [-0.3, -0.25) is 4.68 Å². The fourth-order valence-electron chi connectivity index (χ4n) is 1.36. The number of nitrogens with zero attached hydrogens (tertiary/aromatic N) is 2. The summed E-state index contributed by atoms with van der Waals surface area (Å²) in [6.07, 6.45) is 5.90. The lowest BCUT2D eigenvalue weighted by Gasteiger charge is -2.08. The summed E-state index contributed by atoms with van der Waals surface area (Å²) in [5.41, 5.74) is 7.07. The Bertz CT molecular complexity index is 260. The van der Waals surface area contributed by atoms with Crippen LogP contribution in [0.25, 0.3) is 0 Å². The van der Waals surface area contributed by atoms with E-state index in [1.54, 1.807) is 7.11 Å². The van der Waals surface area contributed by atoms with Crippen molar-refractivity contribution in [3.05, 3.63) is 18.0 Å². The summed E-state index contributed by atoms with van der Waals surface area (Å²) in [6.45, 7) is 3.62. The Morgan fingerprint density at radius 1 is 1.64 bits per heavy atom. The van der Waals surface area contributed by atoms with E-state index in [9.17, 15) is 0 Å². The number of aromatic nitrogens is 2. The van der Waals surface area contributed by atoms with Crippen LogP contribution in [-0.4, -0.2) is 29.5 Å². The Hall–Kier alpha value is -0.870. The van der Waals surface area contributed by atoms with Gasteiger partial charge in [0.1, 0.15) is 0 Å². The lowest BCUT2D eigenvalue weighted by molar-refractivity contribution is 0.177. The monoisotopic (exact) mass is 197 g/mol. The maximum Gasteiger partial charge on any atom is 0.0613 e. The lowest BCUT2D eigenvalue weighted by Crippen LogP contribution is -2.25. The van der Waals surface area contributed by atoms with Crippen molar-refractivity contribution in [2.75, 3.05) is 13.7 Å². The van der Waals surface area contributed by atoms with Gasteiger partial charge < -0.3 is 10.5 Å². The second kappa shape index (κ2) is 5.78. The molecule has 1 unspecified atom stereocenters. The van der Waals surface area contributed by atoms with Gasteiger partial charge in [-0.05, 0) is 25.3 Å². The van der Waals surface area contributed by atoms with E-state index in [0.29, 0.717) is 6.61 Å². The molecule has 2 N–H and O–H groups in total. The van der Waals surface area contributed by atoms with Crippen LogP contribution in [0.15, 0.2) is 12.4 Å². The van der Waals surface area contributed by atoms with E-state index in [1.165, 1.54) is 5.56 Å². The number of ether oxygens (including phenoxy) is 1. The zero-order chi connectivity index (χ0) is 10.4. The summed E-state index contributed by atoms with van der Waals surface area (Å²) in [4.78, 5) is 0. The first-order valence-electron chi connectivity index (χ1n) is 5.02. The predicted molar refractivity (Wildman–Crippen MR) is 56.1 cm³/mol. The minimum Gasteiger partial charge on any atom is -0.383 e. The standard InChI is InChI=1S/C10H19N3O/c1-3-13-7-9(6-12-13)4-5-10(11)8-14-2/h6-7,10H,3-5,8,11H2,1-2H3. The summed E-state index contributed by atoms with van der Waals surface area (Å²) in [5.74, 6) is 0. The molecular formula is C10H19N3O. The van der Waals surface area contributed by atoms with Crippen molar-refractivity contribution < 1.29 is 4.74 Å². The number of aryl methyl sites for hydroxylation is 2. The fourth-order valence-corrected chi connectivity index (χ4v) is 1.36. The van der Waals surface area contributed by atoms with Crippen molar-refractivity contribution in [3.63, 3.8) is 0 Å². The van der Waals surface area contributed by atoms with Gasteiger partial charge in [0.05, 0.1) is 12.8 Å². The van der Waals surface area contributed by atoms with E-state index in [4.69, 9.17) is 10.5 Å². The topological polar surface area (TPSA) is 53.1 Å². The van der Waals surface area contributed by atoms with E-state index < -0.39 is 0 Å². The molecule has 14 heavy (non-hydrogen) atoms. The van der Waals surface area contributed by atoms with Gasteiger partial charge in [-0.15, -0.1) is 0 Å². The quantitative estimate of drug-likeness (QED) is 0.734. The highest BCUT2D eigenvalue weighted by molar-refractivity contribution is 5.04. The maximum atomic E-state index is 5.82. The van der Waals surface area contributed by atoms with Crippen LogP contribution in [0.4, 0.5) is 0 Å². The zero-order valence-electron chi connectivity index (χ0n) is 8.94. The van der Waals surface area contributed by atoms with Crippen LogP contribution in [0.2, 0.25) is 0 Å². The van der Waals surface area contributed by atoms with Gasteiger partial charge in [0.15, 0.2) is 0 Å². The maximum absolute atomic E-state index is 5.82. The SMILES string of the molecule is CCn1cc(CCC(N)COC)cn1. The molecule has 1 heterocycles. The number of hydrogen-bond donors (Lipinski definition) is 1. The molecule has 0 aromatic carbocycles. The highest BCUT2D eigenvalue weighted by Gasteiger charge is 2.03. The molecule has 4 nitrogen and oxygen atoms in total. The molecule has 0 spiro atoms. The van der Waals surface area contributed by atoms with E-state index in [-0.39, 0.29) is 6.04 Å². The largest absolute Gasteiger partial charge is 0.383 e. The molecule has 0 aliphatic carbocycles. The van der Waals surface area contributed by atoms with Gasteiger partial charge in [0, 0.05) is 25.9 Å². The van der Waals surface area contributed by atoms with Crippen molar-refractivity contribution in [1.29, 1.82) is 0 Å². The van der Waals surface area contributed by atoms with Crippen LogP contribution < -0.4 is 5.73 Å². The van der Waals surface area contributed by atoms with E-state index in [1.807, 2.05) is 10.9 Å². The predicted octanol–water partition coefficient (Wildman–Crippen LogP) is 0.809. The summed E-state index contributed by atoms with van der Waals surface area (Å²) >= 11 is 0. The molecule has 0 aliphatic rings. The first-order chi connectivity index (χ1) is 6.76. The van der Waals surface area contributed by atoms with Gasteiger partial charge in [0.25, 0.3) is 0 Å². The zero-order valence-corrected chi connectivity index (χ0v) is 8.94. The van der Waals surface area contributed by atoms with Crippen LogP contribution in [-0.2, 0) is 17.7 Å². The van der Waals surface area contributed by atoms with Crippen LogP contribution >= 0.6 is 0 Å². The first kappa shape index (κ1) is 11.2. The average molecular weight is 197 g/mol. The van der Waals surface area contributed by atoms with Crippen molar-refractivity contribution in [1.82, 2.24) is 9.78 Å². The van der Waals surface area contributed by atoms with Crippen molar-refractivity contribution >= 4 is 0 Å². The molecule has 1 rings (SSSR count). The third-order valence-corrected chi connectivity index (χ3v) is 2.20. The van der Waals surface area contributed by atoms with Crippen molar-refractivity contribution in [3.8, 4) is 0 Å². The third kappa shape index (κ3) is 3.47. The summed E-state index contributed by atoms with van der Waals surface area (Å²) < 4.78 is 6.90. The smallest absolute Gasteiger partial charge is 0.0613 e. The summed E-state index contributed by atoms with van der Waals surface area (Å²) in [7, 11) is 1.68. The summed E-state index contributed by atoms with van der Waals surface area (Å²) in [6, 6.07) is 0.130. The van der Waals surface area contributed by atoms with Crippen molar-refractivity contribution in [2.24, 2.45) is 5.73 Å². The molecule has 0 bridgehead atoms. The third-order valence-electron chi connectivity index (χ3n) is 2.20. The number of methoxy groups -OCH3 is 1. The molecule has 0 aliphatic heterocycles. The molecule has 0 saturated heterocycles. The Balaban J connectivity index is 2.30. The molecule has 1 atom stereocenters. The molecule has 1 aromatic heterocycles.